The average molecular weight is 226 g/mol. The summed E-state index contributed by atoms with van der Waals surface area (Å²) in [5, 5.41) is 13.9. The van der Waals surface area contributed by atoms with Crippen LogP contribution in [0.25, 0.3) is 0 Å². The molecule has 4 nitrogen and oxygen atoms in total. The summed E-state index contributed by atoms with van der Waals surface area (Å²) in [6.45, 7) is 9.07. The lowest BCUT2D eigenvalue weighted by Gasteiger charge is -2.12. The molecule has 0 aromatic carbocycles. The number of hydrogen-bond donors (Lipinski definition) is 3. The van der Waals surface area contributed by atoms with Gasteiger partial charge in [0.15, 0.2) is 5.11 Å². The number of hydrogen-bond acceptors (Lipinski definition) is 2. The van der Waals surface area contributed by atoms with Crippen molar-refractivity contribution >= 4 is 23.0 Å². The van der Waals surface area contributed by atoms with Crippen LogP contribution in [0.15, 0.2) is 0 Å². The van der Waals surface area contributed by atoms with Gasteiger partial charge in [-0.25, -0.2) is 0 Å². The third-order valence-electron chi connectivity index (χ3n) is 2.04. The molecular weight excluding hydrogens is 208 g/mol. The molecule has 0 saturated carbocycles. The van der Waals surface area contributed by atoms with E-state index in [9.17, 15) is 0 Å². The minimum atomic E-state index is 0.580. The Kier molecular flexibility index (Phi) is 4.08. The number of H-pyrrole nitrogens is 1. The molecule has 1 aromatic heterocycles. The van der Waals surface area contributed by atoms with Gasteiger partial charge in [-0.2, -0.15) is 5.10 Å². The zero-order chi connectivity index (χ0) is 11.4. The van der Waals surface area contributed by atoms with Gasteiger partial charge in [0.1, 0.15) is 0 Å². The molecular formula is C10H18N4S. The average Bonchev–Trinajstić information content (AvgIpc) is 2.46. The molecule has 84 valence electrons. The Hall–Kier alpha value is -1.10. The number of nitrogens with zero attached hydrogens (tertiary/aromatic N) is 1. The summed E-state index contributed by atoms with van der Waals surface area (Å²) in [5.41, 5.74) is 2.90. The van der Waals surface area contributed by atoms with Gasteiger partial charge in [-0.1, -0.05) is 13.8 Å². The highest BCUT2D eigenvalue weighted by Gasteiger charge is 2.07. The van der Waals surface area contributed by atoms with Crippen LogP contribution in [0.2, 0.25) is 0 Å². The number of nitrogens with one attached hydrogen (secondary N) is 3. The van der Waals surface area contributed by atoms with Gasteiger partial charge in [-0.3, -0.25) is 5.10 Å². The molecule has 0 aliphatic heterocycles. The van der Waals surface area contributed by atoms with E-state index in [1.165, 1.54) is 0 Å². The van der Waals surface area contributed by atoms with Crippen molar-refractivity contribution < 1.29 is 0 Å². The van der Waals surface area contributed by atoms with E-state index in [-0.39, 0.29) is 0 Å². The highest BCUT2D eigenvalue weighted by atomic mass is 32.1. The fourth-order valence-electron chi connectivity index (χ4n) is 1.19. The first-order chi connectivity index (χ1) is 7.00. The van der Waals surface area contributed by atoms with Crippen LogP contribution >= 0.6 is 12.2 Å². The van der Waals surface area contributed by atoms with Crippen molar-refractivity contribution in [1.82, 2.24) is 15.5 Å². The van der Waals surface area contributed by atoms with E-state index in [2.05, 4.69) is 34.7 Å². The Morgan fingerprint density at radius 2 is 2.13 bits per heavy atom. The first-order valence-electron chi connectivity index (χ1n) is 5.07. The minimum Gasteiger partial charge on any atom is -0.362 e. The van der Waals surface area contributed by atoms with E-state index < -0.39 is 0 Å². The number of aromatic amines is 1. The molecule has 0 amide bonds. The highest BCUT2D eigenvalue weighted by molar-refractivity contribution is 7.80. The molecule has 0 saturated heterocycles. The number of rotatable bonds is 3. The summed E-state index contributed by atoms with van der Waals surface area (Å²) in [6.07, 6.45) is 0. The van der Waals surface area contributed by atoms with Crippen LogP contribution in [0.4, 0.5) is 5.69 Å². The van der Waals surface area contributed by atoms with Crippen LogP contribution in [0.5, 0.6) is 0 Å². The van der Waals surface area contributed by atoms with E-state index in [4.69, 9.17) is 12.2 Å². The van der Waals surface area contributed by atoms with Crippen molar-refractivity contribution in [3.8, 4) is 0 Å². The molecule has 0 spiro atoms. The minimum absolute atomic E-state index is 0.580. The number of thiocarbonyl (C=S) groups is 1. The van der Waals surface area contributed by atoms with E-state index in [1.807, 2.05) is 13.8 Å². The molecule has 0 bridgehead atoms. The monoisotopic (exact) mass is 226 g/mol. The van der Waals surface area contributed by atoms with Crippen molar-refractivity contribution in [1.29, 1.82) is 0 Å². The fourth-order valence-corrected chi connectivity index (χ4v) is 1.38. The third-order valence-corrected chi connectivity index (χ3v) is 2.28. The molecule has 1 aromatic rings. The van der Waals surface area contributed by atoms with Crippen molar-refractivity contribution in [3.63, 3.8) is 0 Å². The van der Waals surface area contributed by atoms with Gasteiger partial charge in [-0.05, 0) is 32.0 Å². The summed E-state index contributed by atoms with van der Waals surface area (Å²) in [4.78, 5) is 0. The predicted molar refractivity (Wildman–Crippen MR) is 67.1 cm³/mol. The van der Waals surface area contributed by atoms with Gasteiger partial charge in [0.25, 0.3) is 0 Å². The van der Waals surface area contributed by atoms with E-state index in [1.54, 1.807) is 0 Å². The van der Waals surface area contributed by atoms with Crippen LogP contribution in [0.3, 0.4) is 0 Å². The smallest absolute Gasteiger partial charge is 0.170 e. The van der Waals surface area contributed by atoms with Gasteiger partial charge < -0.3 is 10.6 Å². The molecule has 0 aliphatic carbocycles. The first-order valence-corrected chi connectivity index (χ1v) is 5.48. The lowest BCUT2D eigenvalue weighted by atomic mass is 10.2. The highest BCUT2D eigenvalue weighted by Crippen LogP contribution is 2.15. The summed E-state index contributed by atoms with van der Waals surface area (Å²) < 4.78 is 0. The maximum absolute atomic E-state index is 5.18. The van der Waals surface area contributed by atoms with Gasteiger partial charge in [0.2, 0.25) is 0 Å². The maximum Gasteiger partial charge on any atom is 0.170 e. The maximum atomic E-state index is 5.18. The zero-order valence-corrected chi connectivity index (χ0v) is 10.5. The van der Waals surface area contributed by atoms with Gasteiger partial charge in [0.05, 0.1) is 17.1 Å². The largest absolute Gasteiger partial charge is 0.362 e. The molecule has 0 fully saturated rings. The Morgan fingerprint density at radius 3 is 2.60 bits per heavy atom. The Labute approximate surface area is 95.8 Å². The lowest BCUT2D eigenvalue weighted by Crippen LogP contribution is -2.31. The summed E-state index contributed by atoms with van der Waals surface area (Å²) in [7, 11) is 0. The molecule has 0 aliphatic rings. The molecule has 0 radical (unpaired) electrons. The van der Waals surface area contributed by atoms with E-state index in [0.29, 0.717) is 11.0 Å². The molecule has 3 N–H and O–H groups in total. The van der Waals surface area contributed by atoms with E-state index >= 15 is 0 Å². The zero-order valence-electron chi connectivity index (χ0n) is 9.64. The molecule has 5 heteroatoms. The lowest BCUT2D eigenvalue weighted by molar-refractivity contribution is 0.627. The SMILES string of the molecule is Cc1n[nH]c(C)c1NC(=S)NCC(C)C. The van der Waals surface area contributed by atoms with Gasteiger partial charge >= 0.3 is 0 Å². The second kappa shape index (κ2) is 5.11. The molecule has 0 unspecified atom stereocenters. The van der Waals surface area contributed by atoms with Crippen molar-refractivity contribution in [2.75, 3.05) is 11.9 Å². The number of anilines is 1. The van der Waals surface area contributed by atoms with Crippen LogP contribution < -0.4 is 10.6 Å². The molecule has 0 atom stereocenters. The van der Waals surface area contributed by atoms with Crippen LogP contribution in [-0.2, 0) is 0 Å². The topological polar surface area (TPSA) is 52.7 Å². The predicted octanol–water partition coefficient (Wildman–Crippen LogP) is 1.97. The van der Waals surface area contributed by atoms with Crippen LogP contribution in [0, 0.1) is 19.8 Å². The second-order valence-corrected chi connectivity index (χ2v) is 4.45. The summed E-state index contributed by atoms with van der Waals surface area (Å²) in [5.74, 6) is 0.580. The van der Waals surface area contributed by atoms with Crippen LogP contribution in [0.1, 0.15) is 25.2 Å². The second-order valence-electron chi connectivity index (χ2n) is 4.04. The number of aromatic nitrogens is 2. The molecule has 1 heterocycles. The first kappa shape index (κ1) is 12.0. The quantitative estimate of drug-likeness (QED) is 0.690. The summed E-state index contributed by atoms with van der Waals surface area (Å²) >= 11 is 5.18. The fraction of sp³-hybridized carbons (Fsp3) is 0.600. The molecule has 1 rings (SSSR count). The standard InChI is InChI=1S/C10H18N4S/c1-6(2)5-11-10(15)12-9-7(3)13-14-8(9)4/h6H,5H2,1-4H3,(H,13,14)(H2,11,12,15). The third kappa shape index (κ3) is 3.51. The van der Waals surface area contributed by atoms with Crippen molar-refractivity contribution in [3.05, 3.63) is 11.4 Å². The summed E-state index contributed by atoms with van der Waals surface area (Å²) in [6, 6.07) is 0. The Balaban J connectivity index is 2.51. The number of aryl methyl sites for hydroxylation is 2. The van der Waals surface area contributed by atoms with Crippen LogP contribution in [-0.4, -0.2) is 21.9 Å². The van der Waals surface area contributed by atoms with Crippen molar-refractivity contribution in [2.24, 2.45) is 5.92 Å². The Morgan fingerprint density at radius 1 is 1.47 bits per heavy atom. The molecule has 15 heavy (non-hydrogen) atoms. The van der Waals surface area contributed by atoms with Gasteiger partial charge in [-0.15, -0.1) is 0 Å². The normalized spacial score (nSPS) is 10.5. The van der Waals surface area contributed by atoms with Crippen molar-refractivity contribution in [2.45, 2.75) is 27.7 Å². The van der Waals surface area contributed by atoms with Gasteiger partial charge in [0, 0.05) is 6.54 Å². The Bertz CT molecular complexity index is 324. The van der Waals surface area contributed by atoms with E-state index in [0.717, 1.165) is 23.6 Å².